The lowest BCUT2D eigenvalue weighted by Crippen LogP contribution is -2.57. The predicted molar refractivity (Wildman–Crippen MR) is 163 cm³/mol. The number of hydrogen-bond donors (Lipinski definition) is 2. The van der Waals surface area contributed by atoms with Crippen LogP contribution in [0.5, 0.6) is 5.75 Å². The van der Waals surface area contributed by atoms with Crippen LogP contribution in [-0.4, -0.2) is 47.4 Å². The fourth-order valence-electron chi connectivity index (χ4n) is 5.44. The highest BCUT2D eigenvalue weighted by Crippen LogP contribution is 2.29. The van der Waals surface area contributed by atoms with Gasteiger partial charge in [0.2, 0.25) is 11.8 Å². The molecule has 2 aromatic carbocycles. The maximum absolute atomic E-state index is 13.8. The van der Waals surface area contributed by atoms with E-state index in [0.717, 1.165) is 42.1 Å². The number of rotatable bonds is 12. The van der Waals surface area contributed by atoms with Crippen LogP contribution in [0.2, 0.25) is 0 Å². The third kappa shape index (κ3) is 10.3. The molecule has 2 N–H and O–H groups in total. The standard InChI is InChI=1S/C34H51N3O3/c1-24(2)21-31(37(7)28-17-13-25(3)14-18-28)33(39)35-30(32(38)36-34(4,5)6)22-26-15-19-29(20-16-26)40-23-27-11-9-8-10-12-27/h8-12,15-16,19-20,24-25,28,30-31H,13-14,17-18,21-23H2,1-7H3,(H,35,39)(H,36,38)/t25?,28?,30-,31+/m0/s1. The van der Waals surface area contributed by atoms with Gasteiger partial charge in [-0.2, -0.15) is 0 Å². The molecule has 2 atom stereocenters. The van der Waals surface area contributed by atoms with Crippen molar-refractivity contribution in [2.75, 3.05) is 7.05 Å². The molecule has 0 saturated heterocycles. The van der Waals surface area contributed by atoms with Gasteiger partial charge in [-0.25, -0.2) is 0 Å². The van der Waals surface area contributed by atoms with Gasteiger partial charge in [0.1, 0.15) is 18.4 Å². The average Bonchev–Trinajstić information content (AvgIpc) is 2.90. The van der Waals surface area contributed by atoms with Crippen molar-refractivity contribution < 1.29 is 14.3 Å². The summed E-state index contributed by atoms with van der Waals surface area (Å²) in [4.78, 5) is 29.5. The molecule has 1 fully saturated rings. The Labute approximate surface area is 242 Å². The number of hydrogen-bond acceptors (Lipinski definition) is 4. The van der Waals surface area contributed by atoms with Crippen LogP contribution in [-0.2, 0) is 22.6 Å². The van der Waals surface area contributed by atoms with Crippen molar-refractivity contribution in [3.8, 4) is 5.75 Å². The minimum absolute atomic E-state index is 0.0632. The molecule has 40 heavy (non-hydrogen) atoms. The number of ether oxygens (including phenoxy) is 1. The molecule has 2 aromatic rings. The van der Waals surface area contributed by atoms with Gasteiger partial charge in [-0.3, -0.25) is 14.5 Å². The van der Waals surface area contributed by atoms with Crippen molar-refractivity contribution in [1.29, 1.82) is 0 Å². The van der Waals surface area contributed by atoms with Gasteiger partial charge < -0.3 is 15.4 Å². The zero-order valence-electron chi connectivity index (χ0n) is 25.7. The van der Waals surface area contributed by atoms with Crippen LogP contribution < -0.4 is 15.4 Å². The minimum atomic E-state index is -0.669. The van der Waals surface area contributed by atoms with Crippen molar-refractivity contribution in [3.63, 3.8) is 0 Å². The Kier molecular flexibility index (Phi) is 11.6. The first-order valence-corrected chi connectivity index (χ1v) is 15.0. The quantitative estimate of drug-likeness (QED) is 0.334. The van der Waals surface area contributed by atoms with Crippen molar-refractivity contribution in [2.24, 2.45) is 11.8 Å². The molecule has 1 aliphatic rings. The maximum atomic E-state index is 13.8. The molecule has 6 nitrogen and oxygen atoms in total. The fourth-order valence-corrected chi connectivity index (χ4v) is 5.44. The highest BCUT2D eigenvalue weighted by molar-refractivity contribution is 5.90. The number of amides is 2. The number of carbonyl (C=O) groups excluding carboxylic acids is 2. The Morgan fingerprint density at radius 3 is 2.12 bits per heavy atom. The summed E-state index contributed by atoms with van der Waals surface area (Å²) in [6.07, 6.45) is 5.80. The summed E-state index contributed by atoms with van der Waals surface area (Å²) >= 11 is 0. The normalized spacial score (nSPS) is 19.2. The van der Waals surface area contributed by atoms with Crippen LogP contribution in [0.25, 0.3) is 0 Å². The number of likely N-dealkylation sites (N-methyl/N-ethyl adjacent to an activating group) is 1. The van der Waals surface area contributed by atoms with Crippen LogP contribution in [0.3, 0.4) is 0 Å². The number of nitrogens with zero attached hydrogens (tertiary/aromatic N) is 1. The zero-order valence-corrected chi connectivity index (χ0v) is 25.7. The molecule has 0 aliphatic heterocycles. The van der Waals surface area contributed by atoms with Crippen LogP contribution in [0.4, 0.5) is 0 Å². The molecule has 3 rings (SSSR count). The van der Waals surface area contributed by atoms with Crippen LogP contribution in [0.1, 0.15) is 84.8 Å². The topological polar surface area (TPSA) is 70.7 Å². The first kappa shape index (κ1) is 31.7. The lowest BCUT2D eigenvalue weighted by atomic mass is 9.85. The first-order valence-electron chi connectivity index (χ1n) is 15.0. The van der Waals surface area contributed by atoms with Gasteiger partial charge in [-0.15, -0.1) is 0 Å². The Morgan fingerprint density at radius 2 is 1.55 bits per heavy atom. The number of carbonyl (C=O) groups is 2. The largest absolute Gasteiger partial charge is 0.489 e. The SMILES string of the molecule is CC(C)C[C@H](C(=O)N[C@@H](Cc1ccc(OCc2ccccc2)cc1)C(=O)NC(C)(C)C)N(C)C1CCC(C)CC1. The molecule has 0 aromatic heterocycles. The molecule has 0 heterocycles. The van der Waals surface area contributed by atoms with Gasteiger partial charge in [0.25, 0.3) is 0 Å². The Bertz CT molecular complexity index is 1050. The molecule has 1 aliphatic carbocycles. The highest BCUT2D eigenvalue weighted by Gasteiger charge is 2.34. The van der Waals surface area contributed by atoms with E-state index in [0.29, 0.717) is 25.0 Å². The smallest absolute Gasteiger partial charge is 0.243 e. The minimum Gasteiger partial charge on any atom is -0.489 e. The third-order valence-corrected chi connectivity index (χ3v) is 7.79. The summed E-state index contributed by atoms with van der Waals surface area (Å²) in [6.45, 7) is 13.0. The Morgan fingerprint density at radius 1 is 0.925 bits per heavy atom. The van der Waals surface area contributed by atoms with Crippen LogP contribution in [0, 0.1) is 11.8 Å². The van der Waals surface area contributed by atoms with Gasteiger partial charge in [-0.1, -0.05) is 63.2 Å². The molecule has 0 spiro atoms. The number of nitrogens with one attached hydrogen (secondary N) is 2. The third-order valence-electron chi connectivity index (χ3n) is 7.79. The van der Waals surface area contributed by atoms with E-state index < -0.39 is 11.6 Å². The second-order valence-corrected chi connectivity index (χ2v) is 13.1. The van der Waals surface area contributed by atoms with E-state index >= 15 is 0 Å². The van der Waals surface area contributed by atoms with Gasteiger partial charge in [-0.05, 0) is 95.0 Å². The Balaban J connectivity index is 1.72. The highest BCUT2D eigenvalue weighted by atomic mass is 16.5. The van der Waals surface area contributed by atoms with Crippen molar-refractivity contribution in [3.05, 3.63) is 65.7 Å². The van der Waals surface area contributed by atoms with E-state index in [2.05, 4.69) is 43.4 Å². The molecule has 220 valence electrons. The second-order valence-electron chi connectivity index (χ2n) is 13.1. The van der Waals surface area contributed by atoms with E-state index in [4.69, 9.17) is 4.74 Å². The molecular weight excluding hydrogens is 498 g/mol. The molecule has 0 unspecified atom stereocenters. The zero-order chi connectivity index (χ0) is 29.3. The van der Waals surface area contributed by atoms with Gasteiger partial charge >= 0.3 is 0 Å². The fraction of sp³-hybridized carbons (Fsp3) is 0.588. The predicted octanol–water partition coefficient (Wildman–Crippen LogP) is 6.13. The molecule has 6 heteroatoms. The van der Waals surface area contributed by atoms with E-state index in [-0.39, 0.29) is 17.9 Å². The van der Waals surface area contributed by atoms with Gasteiger partial charge in [0, 0.05) is 18.0 Å². The lowest BCUT2D eigenvalue weighted by molar-refractivity contribution is -0.133. The maximum Gasteiger partial charge on any atom is 0.243 e. The molecule has 0 bridgehead atoms. The van der Waals surface area contributed by atoms with E-state index in [1.807, 2.05) is 75.4 Å². The van der Waals surface area contributed by atoms with Crippen LogP contribution in [0.15, 0.2) is 54.6 Å². The summed E-state index contributed by atoms with van der Waals surface area (Å²) < 4.78 is 5.93. The van der Waals surface area contributed by atoms with Crippen molar-refractivity contribution in [1.82, 2.24) is 15.5 Å². The summed E-state index contributed by atoms with van der Waals surface area (Å²) in [5.74, 6) is 1.66. The van der Waals surface area contributed by atoms with E-state index in [1.165, 1.54) is 12.8 Å². The average molecular weight is 550 g/mol. The molecular formula is C34H51N3O3. The van der Waals surface area contributed by atoms with Gasteiger partial charge in [0.15, 0.2) is 0 Å². The summed E-state index contributed by atoms with van der Waals surface area (Å²) in [7, 11) is 2.09. The van der Waals surface area contributed by atoms with Crippen molar-refractivity contribution in [2.45, 2.75) is 110 Å². The number of benzene rings is 2. The Hall–Kier alpha value is -2.86. The summed E-state index contributed by atoms with van der Waals surface area (Å²) in [5, 5.41) is 6.24. The molecule has 1 saturated carbocycles. The van der Waals surface area contributed by atoms with E-state index in [9.17, 15) is 9.59 Å². The first-order chi connectivity index (χ1) is 18.9. The van der Waals surface area contributed by atoms with Crippen LogP contribution >= 0.6 is 0 Å². The lowest BCUT2D eigenvalue weighted by Gasteiger charge is -2.39. The summed E-state index contributed by atoms with van der Waals surface area (Å²) in [5.41, 5.74) is 1.68. The summed E-state index contributed by atoms with van der Waals surface area (Å²) in [6, 6.07) is 17.3. The molecule has 0 radical (unpaired) electrons. The van der Waals surface area contributed by atoms with Gasteiger partial charge in [0.05, 0.1) is 6.04 Å². The van der Waals surface area contributed by atoms with E-state index in [1.54, 1.807) is 0 Å². The molecule has 2 amide bonds. The monoisotopic (exact) mass is 549 g/mol. The van der Waals surface area contributed by atoms with Crippen molar-refractivity contribution >= 4 is 11.8 Å². The second kappa shape index (κ2) is 14.7.